The van der Waals surface area contributed by atoms with E-state index in [1.165, 1.54) is 12.1 Å². The molecule has 0 fully saturated rings. The molecule has 1 amide bonds. The maximum atomic E-state index is 12.5. The highest BCUT2D eigenvalue weighted by Crippen LogP contribution is 2.26. The predicted octanol–water partition coefficient (Wildman–Crippen LogP) is 4.72. The lowest BCUT2D eigenvalue weighted by Crippen LogP contribution is -2.28. The summed E-state index contributed by atoms with van der Waals surface area (Å²) in [6.45, 7) is 0.490. The average Bonchev–Trinajstić information content (AvgIpc) is 3.17. The maximum Gasteiger partial charge on any atom is 0.284 e. The molecule has 3 rings (SSSR count). The summed E-state index contributed by atoms with van der Waals surface area (Å²) in [5.41, 5.74) is 1.92. The normalized spacial score (nSPS) is 10.6. The van der Waals surface area contributed by atoms with E-state index in [0.29, 0.717) is 23.9 Å². The van der Waals surface area contributed by atoms with Crippen LogP contribution in [0.5, 0.6) is 0 Å². The van der Waals surface area contributed by atoms with E-state index in [0.717, 1.165) is 17.0 Å². The Morgan fingerprint density at radius 2 is 1.96 bits per heavy atom. The summed E-state index contributed by atoms with van der Waals surface area (Å²) in [4.78, 5) is 24.6. The molecule has 0 atom stereocenters. The van der Waals surface area contributed by atoms with E-state index in [9.17, 15) is 14.9 Å². The smallest absolute Gasteiger partial charge is 0.284 e. The van der Waals surface area contributed by atoms with Gasteiger partial charge < -0.3 is 9.42 Å². The summed E-state index contributed by atoms with van der Waals surface area (Å²) in [6.07, 6.45) is 1.32. The molecule has 28 heavy (non-hydrogen) atoms. The fourth-order valence-electron chi connectivity index (χ4n) is 2.77. The van der Waals surface area contributed by atoms with Crippen LogP contribution >= 0.6 is 15.9 Å². The molecule has 2 aromatic carbocycles. The van der Waals surface area contributed by atoms with E-state index in [-0.39, 0.29) is 17.2 Å². The van der Waals surface area contributed by atoms with Crippen LogP contribution in [0.2, 0.25) is 0 Å². The van der Waals surface area contributed by atoms with Gasteiger partial charge in [-0.15, -0.1) is 0 Å². The molecular formula is C20H18BrN3O4. The Morgan fingerprint density at radius 1 is 1.21 bits per heavy atom. The summed E-state index contributed by atoms with van der Waals surface area (Å²) in [5, 5.41) is 15.1. The lowest BCUT2D eigenvalue weighted by molar-refractivity contribution is -0.385. The van der Waals surface area contributed by atoms with Gasteiger partial charge in [0.25, 0.3) is 11.6 Å². The molecule has 0 aliphatic carbocycles. The highest BCUT2D eigenvalue weighted by Gasteiger charge is 2.18. The number of halogens is 1. The second-order valence-corrected chi connectivity index (χ2v) is 7.15. The quantitative estimate of drug-likeness (QED) is 0.389. The van der Waals surface area contributed by atoms with E-state index in [4.69, 9.17) is 4.52 Å². The molecule has 8 heteroatoms. The van der Waals surface area contributed by atoms with E-state index in [2.05, 4.69) is 21.1 Å². The van der Waals surface area contributed by atoms with Crippen molar-refractivity contribution in [2.75, 3.05) is 13.6 Å². The van der Waals surface area contributed by atoms with Crippen molar-refractivity contribution in [1.29, 1.82) is 0 Å². The van der Waals surface area contributed by atoms with Crippen LogP contribution in [0.15, 0.2) is 63.6 Å². The third kappa shape index (κ3) is 4.64. The number of rotatable bonds is 7. The summed E-state index contributed by atoms with van der Waals surface area (Å²) >= 11 is 3.12. The third-order valence-corrected chi connectivity index (χ3v) is 4.95. The van der Waals surface area contributed by atoms with Crippen molar-refractivity contribution in [3.05, 3.63) is 80.5 Å². The fourth-order valence-corrected chi connectivity index (χ4v) is 3.17. The van der Waals surface area contributed by atoms with Gasteiger partial charge in [0.2, 0.25) is 0 Å². The molecule has 0 saturated heterocycles. The Morgan fingerprint density at radius 3 is 2.68 bits per heavy atom. The molecule has 0 radical (unpaired) electrons. The van der Waals surface area contributed by atoms with Gasteiger partial charge in [0, 0.05) is 43.3 Å². The number of nitro groups is 1. The largest absolute Gasteiger partial charge is 0.361 e. The monoisotopic (exact) mass is 443 g/mol. The Balaban J connectivity index is 1.57. The first-order chi connectivity index (χ1) is 13.5. The zero-order valence-corrected chi connectivity index (χ0v) is 16.8. The lowest BCUT2D eigenvalue weighted by atomic mass is 10.1. The molecule has 7 nitrogen and oxygen atoms in total. The molecule has 0 unspecified atom stereocenters. The number of carbonyl (C=O) groups is 1. The summed E-state index contributed by atoms with van der Waals surface area (Å²) < 4.78 is 5.71. The molecule has 3 aromatic rings. The van der Waals surface area contributed by atoms with Gasteiger partial charge in [-0.25, -0.2) is 0 Å². The maximum absolute atomic E-state index is 12.5. The molecule has 0 bridgehead atoms. The summed E-state index contributed by atoms with van der Waals surface area (Å²) in [7, 11) is 1.67. The molecule has 0 saturated carbocycles. The number of aryl methyl sites for hydroxylation is 1. The van der Waals surface area contributed by atoms with Crippen LogP contribution in [0.3, 0.4) is 0 Å². The van der Waals surface area contributed by atoms with Crippen LogP contribution in [0.25, 0.3) is 11.3 Å². The number of aromatic nitrogens is 1. The van der Waals surface area contributed by atoms with Crippen molar-refractivity contribution >= 4 is 27.5 Å². The van der Waals surface area contributed by atoms with Crippen molar-refractivity contribution < 1.29 is 14.2 Å². The summed E-state index contributed by atoms with van der Waals surface area (Å²) in [5.74, 6) is 0.483. The lowest BCUT2D eigenvalue weighted by Gasteiger charge is -2.16. The van der Waals surface area contributed by atoms with Crippen molar-refractivity contribution in [3.8, 4) is 11.3 Å². The van der Waals surface area contributed by atoms with Gasteiger partial charge in [-0.05, 0) is 34.5 Å². The van der Waals surface area contributed by atoms with Crippen LogP contribution in [-0.2, 0) is 6.42 Å². The molecule has 1 aromatic heterocycles. The van der Waals surface area contributed by atoms with Gasteiger partial charge in [0.1, 0.15) is 11.5 Å². The van der Waals surface area contributed by atoms with Crippen molar-refractivity contribution in [2.24, 2.45) is 0 Å². The van der Waals surface area contributed by atoms with Crippen LogP contribution in [0, 0.1) is 10.1 Å². The third-order valence-electron chi connectivity index (χ3n) is 4.28. The number of hydrogen-bond acceptors (Lipinski definition) is 5. The van der Waals surface area contributed by atoms with Crippen molar-refractivity contribution in [2.45, 2.75) is 12.8 Å². The first-order valence-corrected chi connectivity index (χ1v) is 9.45. The number of amides is 1. The van der Waals surface area contributed by atoms with E-state index >= 15 is 0 Å². The van der Waals surface area contributed by atoms with Gasteiger partial charge in [-0.3, -0.25) is 14.9 Å². The predicted molar refractivity (Wildman–Crippen MR) is 108 cm³/mol. The van der Waals surface area contributed by atoms with Crippen LogP contribution in [0.4, 0.5) is 5.69 Å². The standard InChI is InChI=1S/C20H18BrN3O4/c1-23(20(25)15-9-10-17(21)19(12-15)24(26)27)11-5-8-16-13-18(22-28-16)14-6-3-2-4-7-14/h2-4,6-7,9-10,12-13H,5,8,11H2,1H3. The average molecular weight is 444 g/mol. The van der Waals surface area contributed by atoms with E-state index in [1.54, 1.807) is 18.0 Å². The highest BCUT2D eigenvalue weighted by molar-refractivity contribution is 9.10. The number of carbonyl (C=O) groups excluding carboxylic acids is 1. The molecule has 1 heterocycles. The Bertz CT molecular complexity index is 988. The molecule has 0 aliphatic heterocycles. The van der Waals surface area contributed by atoms with Gasteiger partial charge >= 0.3 is 0 Å². The van der Waals surface area contributed by atoms with E-state index in [1.807, 2.05) is 36.4 Å². The SMILES string of the molecule is CN(CCCc1cc(-c2ccccc2)no1)C(=O)c1ccc(Br)c([N+](=O)[O-])c1. The van der Waals surface area contributed by atoms with Crippen molar-refractivity contribution in [1.82, 2.24) is 10.1 Å². The first kappa shape index (κ1) is 19.8. The van der Waals surface area contributed by atoms with Crippen molar-refractivity contribution in [3.63, 3.8) is 0 Å². The topological polar surface area (TPSA) is 89.5 Å². The number of nitro benzene ring substituents is 1. The number of benzene rings is 2. The first-order valence-electron chi connectivity index (χ1n) is 8.66. The molecule has 0 N–H and O–H groups in total. The van der Waals surface area contributed by atoms with Crippen LogP contribution < -0.4 is 0 Å². The van der Waals surface area contributed by atoms with Crippen LogP contribution in [-0.4, -0.2) is 34.5 Å². The minimum atomic E-state index is -0.519. The molecule has 144 valence electrons. The van der Waals surface area contributed by atoms with Gasteiger partial charge in [-0.1, -0.05) is 35.5 Å². The number of hydrogen-bond donors (Lipinski definition) is 0. The van der Waals surface area contributed by atoms with E-state index < -0.39 is 4.92 Å². The molecule has 0 aliphatic rings. The second kappa shape index (κ2) is 8.79. The molecule has 0 spiro atoms. The highest BCUT2D eigenvalue weighted by atomic mass is 79.9. The van der Waals surface area contributed by atoms with Gasteiger partial charge in [0.05, 0.1) is 9.40 Å². The Kier molecular flexibility index (Phi) is 6.20. The molecular weight excluding hydrogens is 426 g/mol. The van der Waals surface area contributed by atoms with Gasteiger partial charge in [0.15, 0.2) is 0 Å². The summed E-state index contributed by atoms with van der Waals surface area (Å²) in [6, 6.07) is 16.0. The number of nitrogens with zero attached hydrogens (tertiary/aromatic N) is 3. The van der Waals surface area contributed by atoms with Gasteiger partial charge in [-0.2, -0.15) is 0 Å². The second-order valence-electron chi connectivity index (χ2n) is 6.30. The minimum Gasteiger partial charge on any atom is -0.361 e. The minimum absolute atomic E-state index is 0.130. The van der Waals surface area contributed by atoms with Crippen LogP contribution in [0.1, 0.15) is 22.5 Å². The Labute approximate surface area is 170 Å². The zero-order chi connectivity index (χ0) is 20.1. The zero-order valence-electron chi connectivity index (χ0n) is 15.2. The fraction of sp³-hybridized carbons (Fsp3) is 0.200. The Hall–Kier alpha value is -3.00.